The Hall–Kier alpha value is -1.72. The fraction of sp³-hybridized carbons (Fsp3) is 0.600. The van der Waals surface area contributed by atoms with Crippen molar-refractivity contribution in [3.8, 4) is 0 Å². The molecule has 1 unspecified atom stereocenters. The van der Waals surface area contributed by atoms with E-state index in [2.05, 4.69) is 15.6 Å². The molecule has 1 amide bonds. The number of carbonyl (C=O) groups excluding carboxylic acids is 2. The van der Waals surface area contributed by atoms with Gasteiger partial charge in [-0.05, 0) is 27.7 Å². The molecule has 88 valence electrons. The molecule has 1 atom stereocenters. The summed E-state index contributed by atoms with van der Waals surface area (Å²) in [4.78, 5) is 22.2. The van der Waals surface area contributed by atoms with Gasteiger partial charge in [-0.15, -0.1) is 5.10 Å². The third-order valence-electron chi connectivity index (χ3n) is 1.92. The van der Waals surface area contributed by atoms with Crippen molar-refractivity contribution in [2.75, 3.05) is 0 Å². The maximum Gasteiger partial charge on any atom is 0.245 e. The number of aromatic nitrogens is 3. The molecule has 1 aromatic heterocycles. The summed E-state index contributed by atoms with van der Waals surface area (Å²) < 4.78 is 1.37. The van der Waals surface area contributed by atoms with Crippen LogP contribution in [0.1, 0.15) is 44.2 Å². The number of carbonyl (C=O) groups is 2. The maximum absolute atomic E-state index is 11.8. The molecule has 0 aromatic carbocycles. The van der Waals surface area contributed by atoms with Gasteiger partial charge in [0.1, 0.15) is 11.7 Å². The van der Waals surface area contributed by atoms with Crippen molar-refractivity contribution < 1.29 is 9.59 Å². The Morgan fingerprint density at radius 3 is 2.62 bits per heavy atom. The Labute approximate surface area is 94.0 Å². The second kappa shape index (κ2) is 4.42. The molecule has 0 aliphatic heterocycles. The van der Waals surface area contributed by atoms with Crippen molar-refractivity contribution in [2.24, 2.45) is 0 Å². The van der Waals surface area contributed by atoms with Gasteiger partial charge >= 0.3 is 0 Å². The van der Waals surface area contributed by atoms with Crippen LogP contribution in [0.3, 0.4) is 0 Å². The van der Waals surface area contributed by atoms with E-state index in [9.17, 15) is 9.59 Å². The Bertz CT molecular complexity index is 392. The molecule has 0 aliphatic rings. The molecule has 0 aliphatic carbocycles. The van der Waals surface area contributed by atoms with Crippen LogP contribution < -0.4 is 5.32 Å². The molecular weight excluding hydrogens is 208 g/mol. The lowest BCUT2D eigenvalue weighted by molar-refractivity contribution is -0.125. The molecule has 16 heavy (non-hydrogen) atoms. The number of hydrogen-bond acceptors (Lipinski definition) is 4. The number of nitrogens with zero attached hydrogens (tertiary/aromatic N) is 3. The number of amides is 1. The van der Waals surface area contributed by atoms with Gasteiger partial charge in [-0.2, -0.15) is 0 Å². The van der Waals surface area contributed by atoms with Crippen LogP contribution in [0.5, 0.6) is 0 Å². The molecule has 0 spiro atoms. The quantitative estimate of drug-likeness (QED) is 0.761. The van der Waals surface area contributed by atoms with Gasteiger partial charge in [-0.3, -0.25) is 9.59 Å². The zero-order chi connectivity index (χ0) is 12.3. The SMILES string of the molecule is CC(C(=O)NC(C)(C)C)n1cc(C=O)nn1. The third-order valence-corrected chi connectivity index (χ3v) is 1.92. The fourth-order valence-electron chi connectivity index (χ4n) is 1.13. The monoisotopic (exact) mass is 224 g/mol. The van der Waals surface area contributed by atoms with Gasteiger partial charge in [0, 0.05) is 5.54 Å². The van der Waals surface area contributed by atoms with Gasteiger partial charge in [0.05, 0.1) is 6.20 Å². The van der Waals surface area contributed by atoms with E-state index < -0.39 is 6.04 Å². The van der Waals surface area contributed by atoms with Gasteiger partial charge in [0.2, 0.25) is 5.91 Å². The molecule has 0 radical (unpaired) electrons. The van der Waals surface area contributed by atoms with Gasteiger partial charge in [-0.1, -0.05) is 5.21 Å². The second-order valence-corrected chi connectivity index (χ2v) is 4.66. The summed E-state index contributed by atoms with van der Waals surface area (Å²) in [7, 11) is 0. The summed E-state index contributed by atoms with van der Waals surface area (Å²) in [6, 6.07) is -0.486. The minimum atomic E-state index is -0.486. The number of rotatable bonds is 3. The third kappa shape index (κ3) is 3.15. The maximum atomic E-state index is 11.8. The van der Waals surface area contributed by atoms with Crippen LogP contribution in [-0.2, 0) is 4.79 Å². The van der Waals surface area contributed by atoms with Crippen molar-refractivity contribution in [1.29, 1.82) is 0 Å². The average molecular weight is 224 g/mol. The van der Waals surface area contributed by atoms with Crippen molar-refractivity contribution >= 4 is 12.2 Å². The highest BCUT2D eigenvalue weighted by Gasteiger charge is 2.21. The molecular formula is C10H16N4O2. The van der Waals surface area contributed by atoms with E-state index in [0.29, 0.717) is 6.29 Å². The smallest absolute Gasteiger partial charge is 0.245 e. The Kier molecular flexibility index (Phi) is 3.41. The van der Waals surface area contributed by atoms with Crippen LogP contribution in [0.2, 0.25) is 0 Å². The van der Waals surface area contributed by atoms with Crippen LogP contribution in [-0.4, -0.2) is 32.7 Å². The van der Waals surface area contributed by atoms with Crippen molar-refractivity contribution in [3.63, 3.8) is 0 Å². The molecule has 6 heteroatoms. The van der Waals surface area contributed by atoms with E-state index in [1.165, 1.54) is 10.9 Å². The lowest BCUT2D eigenvalue weighted by atomic mass is 10.1. The van der Waals surface area contributed by atoms with Crippen LogP contribution in [0.15, 0.2) is 6.20 Å². The summed E-state index contributed by atoms with van der Waals surface area (Å²) in [5, 5.41) is 10.1. The molecule has 1 rings (SSSR count). The largest absolute Gasteiger partial charge is 0.350 e. The predicted molar refractivity (Wildman–Crippen MR) is 58.0 cm³/mol. The predicted octanol–water partition coefficient (Wildman–Crippen LogP) is 0.566. The summed E-state index contributed by atoms with van der Waals surface area (Å²) in [5.41, 5.74) is -0.0743. The molecule has 0 saturated heterocycles. The van der Waals surface area contributed by atoms with Crippen molar-refractivity contribution in [2.45, 2.75) is 39.3 Å². The molecule has 1 N–H and O–H groups in total. The van der Waals surface area contributed by atoms with E-state index in [1.807, 2.05) is 20.8 Å². The first-order valence-corrected chi connectivity index (χ1v) is 5.02. The van der Waals surface area contributed by atoms with E-state index in [1.54, 1.807) is 6.92 Å². The van der Waals surface area contributed by atoms with Crippen LogP contribution in [0.25, 0.3) is 0 Å². The van der Waals surface area contributed by atoms with Gasteiger partial charge in [0.15, 0.2) is 6.29 Å². The highest BCUT2D eigenvalue weighted by Crippen LogP contribution is 2.07. The zero-order valence-corrected chi connectivity index (χ0v) is 9.89. The minimum absolute atomic E-state index is 0.158. The van der Waals surface area contributed by atoms with Gasteiger partial charge < -0.3 is 5.32 Å². The number of aldehydes is 1. The number of hydrogen-bond donors (Lipinski definition) is 1. The lowest BCUT2D eigenvalue weighted by Gasteiger charge is -2.23. The molecule has 0 fully saturated rings. The molecule has 1 heterocycles. The summed E-state index contributed by atoms with van der Waals surface area (Å²) in [6.45, 7) is 7.39. The molecule has 6 nitrogen and oxygen atoms in total. The molecule has 1 aromatic rings. The highest BCUT2D eigenvalue weighted by molar-refractivity contribution is 5.80. The first kappa shape index (κ1) is 12.4. The van der Waals surface area contributed by atoms with Gasteiger partial charge in [-0.25, -0.2) is 4.68 Å². The van der Waals surface area contributed by atoms with E-state index in [4.69, 9.17) is 0 Å². The summed E-state index contributed by atoms with van der Waals surface area (Å²) >= 11 is 0. The van der Waals surface area contributed by atoms with E-state index in [0.717, 1.165) is 0 Å². The van der Waals surface area contributed by atoms with Gasteiger partial charge in [0.25, 0.3) is 0 Å². The van der Waals surface area contributed by atoms with E-state index in [-0.39, 0.29) is 17.1 Å². The summed E-state index contributed by atoms with van der Waals surface area (Å²) in [5.74, 6) is -0.158. The Morgan fingerprint density at radius 1 is 1.56 bits per heavy atom. The first-order valence-electron chi connectivity index (χ1n) is 5.02. The average Bonchev–Trinajstić information content (AvgIpc) is 2.61. The molecule has 0 bridgehead atoms. The fourth-order valence-corrected chi connectivity index (χ4v) is 1.13. The first-order chi connectivity index (χ1) is 7.33. The van der Waals surface area contributed by atoms with Crippen LogP contribution in [0, 0.1) is 0 Å². The second-order valence-electron chi connectivity index (χ2n) is 4.66. The van der Waals surface area contributed by atoms with Crippen molar-refractivity contribution in [3.05, 3.63) is 11.9 Å². The Balaban J connectivity index is 2.74. The van der Waals surface area contributed by atoms with Crippen LogP contribution in [0.4, 0.5) is 0 Å². The minimum Gasteiger partial charge on any atom is -0.350 e. The zero-order valence-electron chi connectivity index (χ0n) is 9.89. The van der Waals surface area contributed by atoms with Crippen LogP contribution >= 0.6 is 0 Å². The highest BCUT2D eigenvalue weighted by atomic mass is 16.2. The van der Waals surface area contributed by atoms with Crippen molar-refractivity contribution in [1.82, 2.24) is 20.3 Å². The summed E-state index contributed by atoms with van der Waals surface area (Å²) in [6.07, 6.45) is 2.04. The topological polar surface area (TPSA) is 76.9 Å². The van der Waals surface area contributed by atoms with E-state index >= 15 is 0 Å². The normalized spacial score (nSPS) is 13.2. The number of nitrogens with one attached hydrogen (secondary N) is 1. The lowest BCUT2D eigenvalue weighted by Crippen LogP contribution is -2.43. The Morgan fingerprint density at radius 2 is 2.19 bits per heavy atom. The standard InChI is InChI=1S/C10H16N4O2/c1-7(9(16)11-10(2,3)4)14-5-8(6-15)12-13-14/h5-7H,1-4H3,(H,11,16). The molecule has 0 saturated carbocycles.